The number of benzene rings is 4. The molecule has 19 heteroatoms. The number of piperazine rings is 1. The van der Waals surface area contributed by atoms with E-state index in [1.807, 2.05) is 36.5 Å². The first kappa shape index (κ1) is 46.9. The van der Waals surface area contributed by atoms with Gasteiger partial charge in [0.05, 0.1) is 30.0 Å². The van der Waals surface area contributed by atoms with E-state index in [9.17, 15) is 14.4 Å². The molecule has 4 N–H and O–H groups in total. The first-order valence-corrected chi connectivity index (χ1v) is 25.7. The molecule has 0 saturated carbocycles. The van der Waals surface area contributed by atoms with Crippen LogP contribution in [0.3, 0.4) is 0 Å². The molecule has 1 unspecified atom stereocenters. The predicted octanol–water partition coefficient (Wildman–Crippen LogP) is 7.68. The summed E-state index contributed by atoms with van der Waals surface area (Å²) < 4.78 is 39.3. The summed E-state index contributed by atoms with van der Waals surface area (Å²) in [5.41, 5.74) is 4.60. The van der Waals surface area contributed by atoms with E-state index < -0.39 is 31.5 Å². The van der Waals surface area contributed by atoms with Gasteiger partial charge in [0.2, 0.25) is 23.7 Å². The molecular weight excluding hydrogens is 955 g/mol. The van der Waals surface area contributed by atoms with Crippen LogP contribution in [0.2, 0.25) is 0 Å². The highest BCUT2D eigenvalue weighted by Gasteiger charge is 2.31. The van der Waals surface area contributed by atoms with Gasteiger partial charge < -0.3 is 30.5 Å². The van der Waals surface area contributed by atoms with Crippen molar-refractivity contribution < 1.29 is 27.9 Å². The smallest absolute Gasteiger partial charge is 0.249 e. The Balaban J connectivity index is 0.846. The Labute approximate surface area is 402 Å². The maximum absolute atomic E-state index is 15.4. The number of hydrogen-bond acceptors (Lipinski definition) is 12. The van der Waals surface area contributed by atoms with Gasteiger partial charge in [0.1, 0.15) is 29.2 Å². The van der Waals surface area contributed by atoms with E-state index in [1.165, 1.54) is 28.2 Å². The van der Waals surface area contributed by atoms with Crippen LogP contribution in [-0.4, -0.2) is 120 Å². The topological polar surface area (TPSA) is 162 Å². The van der Waals surface area contributed by atoms with Crippen molar-refractivity contribution in [1.29, 1.82) is 0 Å². The summed E-state index contributed by atoms with van der Waals surface area (Å²) in [5.74, 6) is -0.985. The number of aromatic nitrogens is 4. The van der Waals surface area contributed by atoms with Crippen molar-refractivity contribution in [2.24, 2.45) is 7.05 Å². The fourth-order valence-electron chi connectivity index (χ4n) is 9.45. The first-order chi connectivity index (χ1) is 32.8. The van der Waals surface area contributed by atoms with Crippen molar-refractivity contribution in [1.82, 2.24) is 34.9 Å². The molecule has 9 rings (SSSR count). The molecule has 354 valence electrons. The van der Waals surface area contributed by atoms with Crippen LogP contribution in [-0.2, 0) is 21.4 Å². The van der Waals surface area contributed by atoms with E-state index in [4.69, 9.17) is 9.72 Å². The van der Waals surface area contributed by atoms with Crippen molar-refractivity contribution in [2.75, 3.05) is 87.1 Å². The highest BCUT2D eigenvalue weighted by atomic mass is 79.9. The van der Waals surface area contributed by atoms with Gasteiger partial charge in [-0.25, -0.2) is 13.8 Å². The molecule has 6 aromatic rings. The summed E-state index contributed by atoms with van der Waals surface area (Å²) in [4.78, 5) is 53.1. The SMILES string of the molecule is COc1cc(N2CCN(C(=O)CN3CCC(c4c(F)cc(NC5CCC(=O)NC5=O)cc4F)CC3)CC2)c(-c2cnn(C)c2)cc1Nc1ncc(Br)c(Nc2ccc3ccccc3c2P(C)C)n1. The fraction of sp³-hybridized carbons (Fsp3) is 0.347. The summed E-state index contributed by atoms with van der Waals surface area (Å²) in [6, 6.07) is 18.3. The lowest BCUT2D eigenvalue weighted by Gasteiger charge is -2.39. The molecule has 0 radical (unpaired) electrons. The van der Waals surface area contributed by atoms with Gasteiger partial charge >= 0.3 is 0 Å². The number of carbonyl (C=O) groups is 3. The van der Waals surface area contributed by atoms with Crippen molar-refractivity contribution in [3.63, 3.8) is 0 Å². The number of methoxy groups -OCH3 is 1. The third kappa shape index (κ3) is 10.1. The normalized spacial score (nSPS) is 17.1. The molecule has 3 aliphatic heterocycles. The van der Waals surface area contributed by atoms with Crippen LogP contribution in [0.25, 0.3) is 21.9 Å². The van der Waals surface area contributed by atoms with E-state index in [2.05, 4.69) is 107 Å². The molecule has 5 heterocycles. The van der Waals surface area contributed by atoms with Crippen LogP contribution >= 0.6 is 23.9 Å². The maximum Gasteiger partial charge on any atom is 0.249 e. The van der Waals surface area contributed by atoms with E-state index in [-0.39, 0.29) is 48.4 Å². The Hall–Kier alpha value is -6.23. The van der Waals surface area contributed by atoms with Gasteiger partial charge in [-0.05, 0) is 103 Å². The monoisotopic (exact) mass is 1010 g/mol. The molecule has 3 aliphatic rings. The number of nitrogens with one attached hydrogen (secondary N) is 4. The number of likely N-dealkylation sites (tertiary alicyclic amines) is 1. The van der Waals surface area contributed by atoms with Gasteiger partial charge in [-0.2, -0.15) is 10.1 Å². The Morgan fingerprint density at radius 2 is 1.68 bits per heavy atom. The third-order valence-corrected chi connectivity index (χ3v) is 14.9. The number of halogens is 3. The number of nitrogens with zero attached hydrogens (tertiary/aromatic N) is 7. The second kappa shape index (κ2) is 20.2. The van der Waals surface area contributed by atoms with E-state index in [0.29, 0.717) is 75.3 Å². The van der Waals surface area contributed by atoms with Crippen LogP contribution in [0, 0.1) is 11.6 Å². The summed E-state index contributed by atoms with van der Waals surface area (Å²) in [6.07, 6.45) is 6.90. The van der Waals surface area contributed by atoms with Crippen LogP contribution in [0.1, 0.15) is 37.2 Å². The second-order valence-corrected chi connectivity index (χ2v) is 20.7. The van der Waals surface area contributed by atoms with E-state index in [0.717, 1.165) is 27.0 Å². The number of imide groups is 1. The molecule has 4 aromatic carbocycles. The molecule has 0 bridgehead atoms. The predicted molar refractivity (Wildman–Crippen MR) is 267 cm³/mol. The summed E-state index contributed by atoms with van der Waals surface area (Å²) in [5, 5.41) is 20.3. The largest absolute Gasteiger partial charge is 0.494 e. The average Bonchev–Trinajstić information content (AvgIpc) is 3.76. The summed E-state index contributed by atoms with van der Waals surface area (Å²) >= 11 is 3.66. The quantitative estimate of drug-likeness (QED) is 0.0661. The lowest BCUT2D eigenvalue weighted by Crippen LogP contribution is -2.52. The molecule has 3 amide bonds. The Bertz CT molecular complexity index is 2860. The summed E-state index contributed by atoms with van der Waals surface area (Å²) in [7, 11) is 3.06. The Kier molecular flexibility index (Phi) is 13.9. The fourth-order valence-corrected chi connectivity index (χ4v) is 11.0. The first-order valence-electron chi connectivity index (χ1n) is 22.6. The maximum atomic E-state index is 15.4. The lowest BCUT2D eigenvalue weighted by atomic mass is 9.88. The molecule has 2 aromatic heterocycles. The Morgan fingerprint density at radius 3 is 2.37 bits per heavy atom. The number of fused-ring (bicyclic) bond motifs is 1. The molecule has 15 nitrogen and oxygen atoms in total. The van der Waals surface area contributed by atoms with Gasteiger partial charge in [-0.15, -0.1) is 0 Å². The minimum atomic E-state index is -0.748. The van der Waals surface area contributed by atoms with Crippen molar-refractivity contribution >= 4 is 92.2 Å². The average molecular weight is 1010 g/mol. The van der Waals surface area contributed by atoms with Crippen LogP contribution in [0.4, 0.5) is 43.3 Å². The molecule has 0 spiro atoms. The number of amides is 3. The molecule has 3 saturated heterocycles. The van der Waals surface area contributed by atoms with Crippen LogP contribution in [0.5, 0.6) is 5.75 Å². The van der Waals surface area contributed by atoms with Crippen molar-refractivity contribution in [3.05, 3.63) is 101 Å². The molecular formula is C49H53BrF2N11O4P. The molecule has 3 fully saturated rings. The van der Waals surface area contributed by atoms with Gasteiger partial charge in [0, 0.05) is 97.2 Å². The number of rotatable bonds is 13. The lowest BCUT2D eigenvalue weighted by molar-refractivity contribution is -0.134. The number of carbonyl (C=O) groups excluding carboxylic acids is 3. The highest BCUT2D eigenvalue weighted by Crippen LogP contribution is 2.42. The molecule has 68 heavy (non-hydrogen) atoms. The minimum Gasteiger partial charge on any atom is -0.494 e. The van der Waals surface area contributed by atoms with Gasteiger partial charge in [0.15, 0.2) is 0 Å². The number of hydrogen-bond donors (Lipinski definition) is 4. The zero-order valence-electron chi connectivity index (χ0n) is 38.3. The zero-order chi connectivity index (χ0) is 47.6. The van der Waals surface area contributed by atoms with Crippen LogP contribution in [0.15, 0.2) is 83.7 Å². The van der Waals surface area contributed by atoms with Crippen molar-refractivity contribution in [2.45, 2.75) is 37.6 Å². The van der Waals surface area contributed by atoms with E-state index >= 15 is 8.78 Å². The molecule has 0 aliphatic carbocycles. The highest BCUT2D eigenvalue weighted by molar-refractivity contribution is 9.10. The van der Waals surface area contributed by atoms with Gasteiger partial charge in [0.25, 0.3) is 0 Å². The van der Waals surface area contributed by atoms with E-state index in [1.54, 1.807) is 18.0 Å². The number of anilines is 6. The Morgan fingerprint density at radius 1 is 0.926 bits per heavy atom. The van der Waals surface area contributed by atoms with Gasteiger partial charge in [-0.1, -0.05) is 38.3 Å². The third-order valence-electron chi connectivity index (χ3n) is 12.9. The minimum absolute atomic E-state index is 0.0133. The summed E-state index contributed by atoms with van der Waals surface area (Å²) in [6.45, 7) is 7.96. The van der Waals surface area contributed by atoms with Gasteiger partial charge in [-0.3, -0.25) is 29.3 Å². The van der Waals surface area contributed by atoms with Crippen molar-refractivity contribution in [3.8, 4) is 16.9 Å². The second-order valence-electron chi connectivity index (χ2n) is 17.6. The standard InChI is InChI=1S/C49H53BrF2N11O4P/c1-60-27-31(25-54-60)34-23-40(57-49-53-26-35(50)47(59-49)56-38-10-9-29-7-5-6-8-33(29)46(38)68(3)4)42(67-2)24-41(34)62-17-19-63(20-18-62)44(65)28-61-15-13-30(14-16-61)45-36(51)21-32(22-37(45)52)55-39-11-12-43(64)58-48(39)66/h5-10,21-27,30,39,55H,11-20,28H2,1-4H3,(H,58,64,66)(H2,53,56,57,59). The molecule has 1 atom stereocenters. The number of aryl methyl sites for hydroxylation is 1. The zero-order valence-corrected chi connectivity index (χ0v) is 40.8. The van der Waals surface area contributed by atoms with Crippen LogP contribution < -0.4 is 36.2 Å². The number of ether oxygens (including phenoxy) is 1. The number of piperidine rings is 2.